The lowest BCUT2D eigenvalue weighted by Crippen LogP contribution is -2.19. The van der Waals surface area contributed by atoms with Gasteiger partial charge in [0.25, 0.3) is 5.91 Å². The van der Waals surface area contributed by atoms with Gasteiger partial charge >= 0.3 is 6.03 Å². The standard InChI is InChI=1S/C20H17N5O2S2/c1-11-4-3-5-13(8-11)21-18(27)25-19-23-15(10-28-19)17(26)24-20-22-14-7-6-12(2)9-16(14)29-20/h3-10H,1-2H3,(H,22,24,26)(H2,21,23,25,27). The average molecular weight is 424 g/mol. The molecule has 0 bridgehead atoms. The van der Waals surface area contributed by atoms with Crippen LogP contribution in [0.5, 0.6) is 0 Å². The minimum atomic E-state index is -0.418. The van der Waals surface area contributed by atoms with Crippen LogP contribution >= 0.6 is 22.7 Å². The van der Waals surface area contributed by atoms with Crippen LogP contribution < -0.4 is 16.0 Å². The molecule has 0 atom stereocenters. The zero-order valence-electron chi connectivity index (χ0n) is 15.6. The van der Waals surface area contributed by atoms with Gasteiger partial charge < -0.3 is 5.32 Å². The zero-order valence-corrected chi connectivity index (χ0v) is 17.3. The molecule has 0 saturated heterocycles. The van der Waals surface area contributed by atoms with Crippen molar-refractivity contribution in [3.8, 4) is 0 Å². The summed E-state index contributed by atoms with van der Waals surface area (Å²) in [6.07, 6.45) is 0. The molecule has 0 aliphatic heterocycles. The Morgan fingerprint density at radius 2 is 1.72 bits per heavy atom. The van der Waals surface area contributed by atoms with Gasteiger partial charge in [0.05, 0.1) is 10.2 Å². The van der Waals surface area contributed by atoms with Crippen LogP contribution in [-0.4, -0.2) is 21.9 Å². The number of carbonyl (C=O) groups excluding carboxylic acids is 2. The van der Waals surface area contributed by atoms with Crippen molar-refractivity contribution in [2.75, 3.05) is 16.0 Å². The molecule has 146 valence electrons. The Kier molecular flexibility index (Phi) is 5.24. The van der Waals surface area contributed by atoms with E-state index in [0.717, 1.165) is 21.3 Å². The first-order valence-electron chi connectivity index (χ1n) is 8.75. The lowest BCUT2D eigenvalue weighted by Gasteiger charge is -2.05. The van der Waals surface area contributed by atoms with E-state index >= 15 is 0 Å². The van der Waals surface area contributed by atoms with E-state index in [1.165, 1.54) is 22.7 Å². The summed E-state index contributed by atoms with van der Waals surface area (Å²) in [6.45, 7) is 3.96. The van der Waals surface area contributed by atoms with E-state index in [0.29, 0.717) is 16.0 Å². The number of aryl methyl sites for hydroxylation is 2. The highest BCUT2D eigenvalue weighted by Crippen LogP contribution is 2.27. The third-order valence-electron chi connectivity index (χ3n) is 4.00. The number of benzene rings is 2. The first kappa shape index (κ1) is 19.0. The predicted molar refractivity (Wildman–Crippen MR) is 118 cm³/mol. The van der Waals surface area contributed by atoms with Gasteiger partial charge in [-0.2, -0.15) is 0 Å². The average Bonchev–Trinajstić information content (AvgIpc) is 3.27. The van der Waals surface area contributed by atoms with E-state index in [4.69, 9.17) is 0 Å². The Morgan fingerprint density at radius 1 is 0.897 bits per heavy atom. The lowest BCUT2D eigenvalue weighted by atomic mass is 10.2. The van der Waals surface area contributed by atoms with Crippen molar-refractivity contribution >= 4 is 60.8 Å². The summed E-state index contributed by atoms with van der Waals surface area (Å²) >= 11 is 2.58. The van der Waals surface area contributed by atoms with Gasteiger partial charge in [0.15, 0.2) is 10.3 Å². The highest BCUT2D eigenvalue weighted by Gasteiger charge is 2.15. The monoisotopic (exact) mass is 423 g/mol. The van der Waals surface area contributed by atoms with Crippen LogP contribution in [0.25, 0.3) is 10.2 Å². The Balaban J connectivity index is 1.39. The van der Waals surface area contributed by atoms with Crippen molar-refractivity contribution in [1.29, 1.82) is 0 Å². The number of thiazole rings is 2. The molecular formula is C20H17N5O2S2. The smallest absolute Gasteiger partial charge is 0.308 e. The van der Waals surface area contributed by atoms with Crippen molar-refractivity contribution in [2.45, 2.75) is 13.8 Å². The van der Waals surface area contributed by atoms with Crippen LogP contribution in [0.4, 0.5) is 20.7 Å². The van der Waals surface area contributed by atoms with Gasteiger partial charge in [0.2, 0.25) is 0 Å². The lowest BCUT2D eigenvalue weighted by molar-refractivity contribution is 0.102. The molecule has 0 unspecified atom stereocenters. The van der Waals surface area contributed by atoms with Gasteiger partial charge in [-0.1, -0.05) is 29.5 Å². The minimum Gasteiger partial charge on any atom is -0.308 e. The van der Waals surface area contributed by atoms with Gasteiger partial charge in [-0.05, 0) is 49.2 Å². The molecule has 7 nitrogen and oxygen atoms in total. The van der Waals surface area contributed by atoms with Crippen LogP contribution in [0.3, 0.4) is 0 Å². The van der Waals surface area contributed by atoms with Gasteiger partial charge in [0.1, 0.15) is 5.69 Å². The number of carbonyl (C=O) groups is 2. The number of nitrogens with one attached hydrogen (secondary N) is 3. The van der Waals surface area contributed by atoms with Gasteiger partial charge in [-0.15, -0.1) is 11.3 Å². The van der Waals surface area contributed by atoms with Crippen LogP contribution in [0, 0.1) is 13.8 Å². The minimum absolute atomic E-state index is 0.219. The molecule has 0 saturated carbocycles. The van der Waals surface area contributed by atoms with Crippen molar-refractivity contribution < 1.29 is 9.59 Å². The Hall–Kier alpha value is -3.30. The van der Waals surface area contributed by atoms with Crippen molar-refractivity contribution in [3.63, 3.8) is 0 Å². The van der Waals surface area contributed by atoms with Crippen molar-refractivity contribution in [3.05, 3.63) is 64.7 Å². The number of nitrogens with zero attached hydrogens (tertiary/aromatic N) is 2. The molecule has 0 aliphatic carbocycles. The summed E-state index contributed by atoms with van der Waals surface area (Å²) in [5.74, 6) is -0.371. The fourth-order valence-corrected chi connectivity index (χ4v) is 4.31. The Labute approximate surface area is 174 Å². The maximum atomic E-state index is 12.5. The van der Waals surface area contributed by atoms with Crippen molar-refractivity contribution in [1.82, 2.24) is 9.97 Å². The molecule has 2 aromatic carbocycles. The molecule has 0 fully saturated rings. The summed E-state index contributed by atoms with van der Waals surface area (Å²) in [6, 6.07) is 13.0. The maximum absolute atomic E-state index is 12.5. The van der Waals surface area contributed by atoms with E-state index in [2.05, 4.69) is 25.9 Å². The first-order valence-corrected chi connectivity index (χ1v) is 10.4. The molecule has 4 aromatic rings. The summed E-state index contributed by atoms with van der Waals surface area (Å²) in [7, 11) is 0. The van der Waals surface area contributed by atoms with E-state index in [1.54, 1.807) is 11.4 Å². The second-order valence-corrected chi connectivity index (χ2v) is 8.32. The molecule has 3 N–H and O–H groups in total. The molecule has 4 rings (SSSR count). The van der Waals surface area contributed by atoms with Gasteiger partial charge in [-0.25, -0.2) is 14.8 Å². The number of urea groups is 1. The Bertz CT molecular complexity index is 1210. The van der Waals surface area contributed by atoms with Gasteiger partial charge in [-0.3, -0.25) is 15.4 Å². The van der Waals surface area contributed by atoms with Crippen LogP contribution in [-0.2, 0) is 0 Å². The molecule has 29 heavy (non-hydrogen) atoms. The first-order chi connectivity index (χ1) is 14.0. The number of hydrogen-bond donors (Lipinski definition) is 3. The molecule has 9 heteroatoms. The number of hydrogen-bond acceptors (Lipinski definition) is 6. The molecule has 3 amide bonds. The predicted octanol–water partition coefficient (Wildman–Crippen LogP) is 5.27. The molecule has 2 heterocycles. The number of rotatable bonds is 4. The highest BCUT2D eigenvalue weighted by molar-refractivity contribution is 7.22. The Morgan fingerprint density at radius 3 is 2.55 bits per heavy atom. The normalized spacial score (nSPS) is 10.7. The zero-order chi connectivity index (χ0) is 20.4. The van der Waals surface area contributed by atoms with E-state index in [9.17, 15) is 9.59 Å². The topological polar surface area (TPSA) is 96.0 Å². The van der Waals surface area contributed by atoms with Crippen molar-refractivity contribution in [2.24, 2.45) is 0 Å². The van der Waals surface area contributed by atoms with E-state index < -0.39 is 6.03 Å². The maximum Gasteiger partial charge on any atom is 0.325 e. The molecule has 0 radical (unpaired) electrons. The number of anilines is 3. The second kappa shape index (κ2) is 7.98. The fourth-order valence-electron chi connectivity index (χ4n) is 2.66. The van der Waals surface area contributed by atoms with Crippen LogP contribution in [0.1, 0.15) is 21.6 Å². The quantitative estimate of drug-likeness (QED) is 0.417. The summed E-state index contributed by atoms with van der Waals surface area (Å²) in [5.41, 5.74) is 3.92. The largest absolute Gasteiger partial charge is 0.325 e. The highest BCUT2D eigenvalue weighted by atomic mass is 32.1. The number of aromatic nitrogens is 2. The SMILES string of the molecule is Cc1cccc(NC(=O)Nc2nc(C(=O)Nc3nc4ccc(C)cc4s3)cs2)c1. The molecule has 0 spiro atoms. The summed E-state index contributed by atoms with van der Waals surface area (Å²) < 4.78 is 1.01. The van der Waals surface area contributed by atoms with Crippen LogP contribution in [0.2, 0.25) is 0 Å². The second-order valence-electron chi connectivity index (χ2n) is 6.43. The summed E-state index contributed by atoms with van der Waals surface area (Å²) in [5, 5.41) is 10.6. The van der Waals surface area contributed by atoms with E-state index in [-0.39, 0.29) is 11.6 Å². The summed E-state index contributed by atoms with van der Waals surface area (Å²) in [4.78, 5) is 33.2. The molecule has 0 aliphatic rings. The molecular weight excluding hydrogens is 406 g/mol. The number of fused-ring (bicyclic) bond motifs is 1. The third-order valence-corrected chi connectivity index (χ3v) is 5.69. The fraction of sp³-hybridized carbons (Fsp3) is 0.100. The third kappa shape index (κ3) is 4.58. The van der Waals surface area contributed by atoms with E-state index in [1.807, 2.05) is 50.2 Å². The van der Waals surface area contributed by atoms with Crippen LogP contribution in [0.15, 0.2) is 47.8 Å². The van der Waals surface area contributed by atoms with Gasteiger partial charge in [0, 0.05) is 11.1 Å². The molecule has 2 aromatic heterocycles. The number of amides is 3.